The van der Waals surface area contributed by atoms with Crippen LogP contribution in [0.15, 0.2) is 12.4 Å². The van der Waals surface area contributed by atoms with E-state index in [1.54, 1.807) is 0 Å². The second kappa shape index (κ2) is 5.66. The van der Waals surface area contributed by atoms with Crippen molar-refractivity contribution in [3.05, 3.63) is 18.0 Å². The highest BCUT2D eigenvalue weighted by atomic mass is 15.3. The molecular weight excluding hydrogens is 234 g/mol. The van der Waals surface area contributed by atoms with Crippen molar-refractivity contribution in [1.29, 1.82) is 0 Å². The molecule has 0 aliphatic heterocycles. The maximum atomic E-state index is 6.44. The van der Waals surface area contributed by atoms with Crippen molar-refractivity contribution < 1.29 is 0 Å². The molecule has 3 heteroatoms. The number of aromatic nitrogens is 2. The number of nitrogens with zero attached hydrogens (tertiary/aromatic N) is 2. The summed E-state index contributed by atoms with van der Waals surface area (Å²) in [6.45, 7) is 10.1. The molecule has 0 bridgehead atoms. The summed E-state index contributed by atoms with van der Waals surface area (Å²) < 4.78 is 1.97. The third-order valence-electron chi connectivity index (χ3n) is 4.87. The Hall–Kier alpha value is -0.830. The lowest BCUT2D eigenvalue weighted by Crippen LogP contribution is -2.30. The van der Waals surface area contributed by atoms with E-state index in [1.165, 1.54) is 31.2 Å². The number of hydrogen-bond acceptors (Lipinski definition) is 2. The Kier molecular flexibility index (Phi) is 4.34. The van der Waals surface area contributed by atoms with Crippen molar-refractivity contribution in [2.24, 2.45) is 23.0 Å². The number of hydrogen-bond donors (Lipinski definition) is 1. The molecule has 1 saturated carbocycles. The smallest absolute Gasteiger partial charge is 0.0537 e. The quantitative estimate of drug-likeness (QED) is 0.902. The van der Waals surface area contributed by atoms with Gasteiger partial charge in [-0.15, -0.1) is 0 Å². The van der Waals surface area contributed by atoms with Crippen LogP contribution < -0.4 is 5.73 Å². The fraction of sp³-hybridized carbons (Fsp3) is 0.812. The summed E-state index contributed by atoms with van der Waals surface area (Å²) in [7, 11) is 0. The molecule has 3 nitrogen and oxygen atoms in total. The molecule has 0 saturated heterocycles. The van der Waals surface area contributed by atoms with Gasteiger partial charge in [-0.05, 0) is 49.9 Å². The summed E-state index contributed by atoms with van der Waals surface area (Å²) in [5, 5.41) is 4.34. The first-order valence-corrected chi connectivity index (χ1v) is 7.69. The van der Waals surface area contributed by atoms with Gasteiger partial charge in [-0.25, -0.2) is 0 Å². The molecule has 1 aliphatic rings. The molecule has 0 aromatic carbocycles. The average molecular weight is 263 g/mol. The zero-order chi connectivity index (χ0) is 14.0. The standard InChI is InChI=1S/C16H29N3/c1-5-19-11-13(10-18-19)15(17)12-6-8-14(9-7-12)16(2,3)4/h10-12,14-15H,5-9,17H2,1-4H3. The minimum absolute atomic E-state index is 0.168. The van der Waals surface area contributed by atoms with Crippen LogP contribution in [0.2, 0.25) is 0 Å². The Morgan fingerprint density at radius 2 is 1.95 bits per heavy atom. The van der Waals surface area contributed by atoms with Crippen molar-refractivity contribution in [3.8, 4) is 0 Å². The average Bonchev–Trinajstić information content (AvgIpc) is 2.86. The van der Waals surface area contributed by atoms with Gasteiger partial charge in [0, 0.05) is 24.3 Å². The van der Waals surface area contributed by atoms with Crippen LogP contribution in [-0.4, -0.2) is 9.78 Å². The lowest BCUT2D eigenvalue weighted by atomic mass is 9.68. The van der Waals surface area contributed by atoms with E-state index in [-0.39, 0.29) is 6.04 Å². The molecule has 1 aromatic heterocycles. The van der Waals surface area contributed by atoms with Gasteiger partial charge >= 0.3 is 0 Å². The molecule has 1 aliphatic carbocycles. The lowest BCUT2D eigenvalue weighted by Gasteiger charge is -2.38. The van der Waals surface area contributed by atoms with Crippen LogP contribution in [0.5, 0.6) is 0 Å². The van der Waals surface area contributed by atoms with Crippen molar-refractivity contribution in [1.82, 2.24) is 9.78 Å². The van der Waals surface area contributed by atoms with Gasteiger partial charge < -0.3 is 5.73 Å². The summed E-state index contributed by atoms with van der Waals surface area (Å²) in [6.07, 6.45) is 9.24. The van der Waals surface area contributed by atoms with E-state index >= 15 is 0 Å². The molecule has 2 N–H and O–H groups in total. The first kappa shape index (κ1) is 14.6. The van der Waals surface area contributed by atoms with E-state index in [0.717, 1.165) is 12.5 Å². The third kappa shape index (κ3) is 3.38. The Bertz CT molecular complexity index is 394. The van der Waals surface area contributed by atoms with E-state index in [0.29, 0.717) is 11.3 Å². The Morgan fingerprint density at radius 3 is 2.42 bits per heavy atom. The molecule has 2 rings (SSSR count). The van der Waals surface area contributed by atoms with E-state index < -0.39 is 0 Å². The molecule has 1 aromatic rings. The number of nitrogens with two attached hydrogens (primary N) is 1. The van der Waals surface area contributed by atoms with Gasteiger partial charge in [0.1, 0.15) is 0 Å². The predicted octanol–water partition coefficient (Wildman–Crippen LogP) is 3.76. The van der Waals surface area contributed by atoms with E-state index in [4.69, 9.17) is 5.73 Å². The summed E-state index contributed by atoms with van der Waals surface area (Å²) in [5.74, 6) is 1.49. The molecule has 0 amide bonds. The highest BCUT2D eigenvalue weighted by Gasteiger charge is 2.32. The Morgan fingerprint density at radius 1 is 1.32 bits per heavy atom. The van der Waals surface area contributed by atoms with Crippen molar-refractivity contribution in [3.63, 3.8) is 0 Å². The minimum atomic E-state index is 0.168. The lowest BCUT2D eigenvalue weighted by molar-refractivity contribution is 0.139. The summed E-state index contributed by atoms with van der Waals surface area (Å²) in [6, 6.07) is 0.168. The number of rotatable bonds is 3. The minimum Gasteiger partial charge on any atom is -0.324 e. The van der Waals surface area contributed by atoms with E-state index in [9.17, 15) is 0 Å². The second-order valence-corrected chi connectivity index (χ2v) is 7.13. The number of aryl methyl sites for hydroxylation is 1. The van der Waals surface area contributed by atoms with Crippen LogP contribution in [-0.2, 0) is 6.54 Å². The topological polar surface area (TPSA) is 43.8 Å². The van der Waals surface area contributed by atoms with Crippen molar-refractivity contribution in [2.75, 3.05) is 0 Å². The maximum Gasteiger partial charge on any atom is 0.0537 e. The molecule has 1 atom stereocenters. The molecule has 0 radical (unpaired) electrons. The van der Waals surface area contributed by atoms with Crippen LogP contribution in [0.4, 0.5) is 0 Å². The Balaban J connectivity index is 1.94. The third-order valence-corrected chi connectivity index (χ3v) is 4.87. The summed E-state index contributed by atoms with van der Waals surface area (Å²) in [5.41, 5.74) is 8.09. The fourth-order valence-corrected chi connectivity index (χ4v) is 3.34. The largest absolute Gasteiger partial charge is 0.324 e. The van der Waals surface area contributed by atoms with Crippen LogP contribution >= 0.6 is 0 Å². The zero-order valence-electron chi connectivity index (χ0n) is 12.9. The SMILES string of the molecule is CCn1cc(C(N)C2CCC(C(C)(C)C)CC2)cn1. The molecule has 108 valence electrons. The molecule has 0 spiro atoms. The van der Waals surface area contributed by atoms with Crippen molar-refractivity contribution >= 4 is 0 Å². The highest BCUT2D eigenvalue weighted by Crippen LogP contribution is 2.42. The van der Waals surface area contributed by atoms with E-state index in [1.807, 2.05) is 10.9 Å². The van der Waals surface area contributed by atoms with Gasteiger partial charge in [0.15, 0.2) is 0 Å². The van der Waals surface area contributed by atoms with Gasteiger partial charge in [0.2, 0.25) is 0 Å². The second-order valence-electron chi connectivity index (χ2n) is 7.13. The van der Waals surface area contributed by atoms with Crippen LogP contribution in [0.3, 0.4) is 0 Å². The van der Waals surface area contributed by atoms with Gasteiger partial charge in [0.25, 0.3) is 0 Å². The zero-order valence-corrected chi connectivity index (χ0v) is 12.9. The maximum absolute atomic E-state index is 6.44. The van der Waals surface area contributed by atoms with Gasteiger partial charge in [-0.3, -0.25) is 4.68 Å². The van der Waals surface area contributed by atoms with E-state index in [2.05, 4.69) is 39.0 Å². The predicted molar refractivity (Wildman–Crippen MR) is 79.7 cm³/mol. The van der Waals surface area contributed by atoms with Crippen LogP contribution in [0.25, 0.3) is 0 Å². The summed E-state index contributed by atoms with van der Waals surface area (Å²) in [4.78, 5) is 0. The van der Waals surface area contributed by atoms with Gasteiger partial charge in [-0.2, -0.15) is 5.10 Å². The first-order chi connectivity index (χ1) is 8.91. The van der Waals surface area contributed by atoms with Crippen LogP contribution in [0, 0.1) is 17.3 Å². The monoisotopic (exact) mass is 263 g/mol. The fourth-order valence-electron chi connectivity index (χ4n) is 3.34. The summed E-state index contributed by atoms with van der Waals surface area (Å²) >= 11 is 0. The van der Waals surface area contributed by atoms with Crippen molar-refractivity contribution in [2.45, 2.75) is 66.0 Å². The molecule has 1 heterocycles. The Labute approximate surface area is 117 Å². The van der Waals surface area contributed by atoms with Gasteiger partial charge in [-0.1, -0.05) is 20.8 Å². The molecule has 1 fully saturated rings. The molecule has 1 unspecified atom stereocenters. The normalized spacial score (nSPS) is 26.4. The first-order valence-electron chi connectivity index (χ1n) is 7.69. The molecule has 19 heavy (non-hydrogen) atoms. The molecular formula is C16H29N3. The van der Waals surface area contributed by atoms with Crippen LogP contribution in [0.1, 0.15) is 65.0 Å². The highest BCUT2D eigenvalue weighted by molar-refractivity contribution is 5.11. The van der Waals surface area contributed by atoms with Gasteiger partial charge in [0.05, 0.1) is 6.20 Å².